The minimum Gasteiger partial charge on any atom is -0.384 e. The number of piperidine rings is 1. The molecule has 1 heterocycles. The molecule has 0 N–H and O–H groups in total. The zero-order chi connectivity index (χ0) is 14.4. The smallest absolute Gasteiger partial charge is 0.164 e. The summed E-state index contributed by atoms with van der Waals surface area (Å²) >= 11 is 0. The van der Waals surface area contributed by atoms with Gasteiger partial charge in [0.2, 0.25) is 0 Å². The van der Waals surface area contributed by atoms with Crippen molar-refractivity contribution in [2.75, 3.05) is 33.4 Å². The average molecular weight is 275 g/mol. The molecule has 0 aliphatic carbocycles. The molecule has 20 heavy (non-hydrogen) atoms. The largest absolute Gasteiger partial charge is 0.384 e. The highest BCUT2D eigenvalue weighted by molar-refractivity contribution is 5.96. The van der Waals surface area contributed by atoms with Gasteiger partial charge in [0.05, 0.1) is 6.61 Å². The summed E-state index contributed by atoms with van der Waals surface area (Å²) in [6, 6.07) is 7.87. The SMILES string of the molecule is COCC1CCCN(CCC(=O)c2ccc(C)cc2)C1. The number of carbonyl (C=O) groups is 1. The zero-order valence-electron chi connectivity index (χ0n) is 12.6. The number of carbonyl (C=O) groups excluding carboxylic acids is 1. The molecule has 1 aliphatic rings. The maximum Gasteiger partial charge on any atom is 0.164 e. The second-order valence-corrected chi connectivity index (χ2v) is 5.80. The van der Waals surface area contributed by atoms with Crippen molar-refractivity contribution in [1.29, 1.82) is 0 Å². The normalized spacial score (nSPS) is 20.0. The molecule has 0 aromatic heterocycles. The predicted molar refractivity (Wildman–Crippen MR) is 81.2 cm³/mol. The fourth-order valence-electron chi connectivity index (χ4n) is 2.87. The Kier molecular flexibility index (Phi) is 5.74. The Hall–Kier alpha value is -1.19. The van der Waals surface area contributed by atoms with Crippen molar-refractivity contribution in [2.45, 2.75) is 26.2 Å². The van der Waals surface area contributed by atoms with Crippen molar-refractivity contribution < 1.29 is 9.53 Å². The lowest BCUT2D eigenvalue weighted by atomic mass is 9.98. The number of ketones is 1. The lowest BCUT2D eigenvalue weighted by molar-refractivity contribution is 0.0831. The standard InChI is InChI=1S/C17H25NO2/c1-14-5-7-16(8-6-14)17(19)9-11-18-10-3-4-15(12-18)13-20-2/h5-8,15H,3-4,9-13H2,1-2H3. The van der Waals surface area contributed by atoms with Crippen LogP contribution in [0.3, 0.4) is 0 Å². The predicted octanol–water partition coefficient (Wildman–Crippen LogP) is 2.93. The zero-order valence-corrected chi connectivity index (χ0v) is 12.6. The fourth-order valence-corrected chi connectivity index (χ4v) is 2.87. The summed E-state index contributed by atoms with van der Waals surface area (Å²) in [4.78, 5) is 14.6. The van der Waals surface area contributed by atoms with Crippen LogP contribution in [0.5, 0.6) is 0 Å². The number of ether oxygens (including phenoxy) is 1. The van der Waals surface area contributed by atoms with Crippen LogP contribution in [0.4, 0.5) is 0 Å². The van der Waals surface area contributed by atoms with Crippen molar-refractivity contribution in [3.05, 3.63) is 35.4 Å². The quantitative estimate of drug-likeness (QED) is 0.748. The number of hydrogen-bond acceptors (Lipinski definition) is 3. The van der Waals surface area contributed by atoms with Crippen LogP contribution in [0.1, 0.15) is 35.2 Å². The van der Waals surface area contributed by atoms with Crippen LogP contribution in [0.25, 0.3) is 0 Å². The van der Waals surface area contributed by atoms with E-state index < -0.39 is 0 Å². The van der Waals surface area contributed by atoms with Gasteiger partial charge in [0.25, 0.3) is 0 Å². The maximum atomic E-state index is 12.2. The number of likely N-dealkylation sites (tertiary alicyclic amines) is 1. The van der Waals surface area contributed by atoms with Crippen LogP contribution in [-0.2, 0) is 4.74 Å². The summed E-state index contributed by atoms with van der Waals surface area (Å²) in [6.45, 7) is 5.92. The van der Waals surface area contributed by atoms with Crippen molar-refractivity contribution >= 4 is 5.78 Å². The molecule has 1 atom stereocenters. The van der Waals surface area contributed by atoms with Crippen LogP contribution in [0.15, 0.2) is 24.3 Å². The molecule has 1 aromatic rings. The molecule has 1 unspecified atom stereocenters. The van der Waals surface area contributed by atoms with Crippen LogP contribution in [0, 0.1) is 12.8 Å². The molecule has 1 saturated heterocycles. The highest BCUT2D eigenvalue weighted by atomic mass is 16.5. The van der Waals surface area contributed by atoms with E-state index in [4.69, 9.17) is 4.74 Å². The lowest BCUT2D eigenvalue weighted by Gasteiger charge is -2.32. The number of aryl methyl sites for hydroxylation is 1. The number of benzene rings is 1. The van der Waals surface area contributed by atoms with E-state index in [-0.39, 0.29) is 5.78 Å². The second-order valence-electron chi connectivity index (χ2n) is 5.80. The van der Waals surface area contributed by atoms with Gasteiger partial charge >= 0.3 is 0 Å². The van der Waals surface area contributed by atoms with Gasteiger partial charge in [0.1, 0.15) is 0 Å². The van der Waals surface area contributed by atoms with Gasteiger partial charge in [-0.15, -0.1) is 0 Å². The summed E-state index contributed by atoms with van der Waals surface area (Å²) in [6.07, 6.45) is 3.08. The monoisotopic (exact) mass is 275 g/mol. The van der Waals surface area contributed by atoms with Crippen molar-refractivity contribution in [3.8, 4) is 0 Å². The van der Waals surface area contributed by atoms with Gasteiger partial charge in [-0.25, -0.2) is 0 Å². The molecule has 0 amide bonds. The third kappa shape index (κ3) is 4.43. The van der Waals surface area contributed by atoms with Gasteiger partial charge in [0, 0.05) is 32.2 Å². The number of rotatable bonds is 6. The Morgan fingerprint density at radius 1 is 1.35 bits per heavy atom. The van der Waals surface area contributed by atoms with E-state index in [1.807, 2.05) is 31.2 Å². The van der Waals surface area contributed by atoms with Gasteiger partial charge in [-0.05, 0) is 32.2 Å². The third-order valence-electron chi connectivity index (χ3n) is 4.03. The Balaban J connectivity index is 1.79. The Labute approximate surface area is 121 Å². The van der Waals surface area contributed by atoms with E-state index in [1.165, 1.54) is 18.4 Å². The molecular formula is C17H25NO2. The Bertz CT molecular complexity index is 425. The highest BCUT2D eigenvalue weighted by Crippen LogP contribution is 2.17. The molecule has 1 aromatic carbocycles. The maximum absolute atomic E-state index is 12.2. The van der Waals surface area contributed by atoms with E-state index in [0.29, 0.717) is 12.3 Å². The molecule has 3 nitrogen and oxygen atoms in total. The summed E-state index contributed by atoms with van der Waals surface area (Å²) in [5.41, 5.74) is 2.03. The first kappa shape index (κ1) is 15.2. The van der Waals surface area contributed by atoms with Crippen LogP contribution < -0.4 is 0 Å². The van der Waals surface area contributed by atoms with Crippen LogP contribution >= 0.6 is 0 Å². The molecular weight excluding hydrogens is 250 g/mol. The van der Waals surface area contributed by atoms with Crippen molar-refractivity contribution in [2.24, 2.45) is 5.92 Å². The van der Waals surface area contributed by atoms with E-state index in [0.717, 1.165) is 31.8 Å². The summed E-state index contributed by atoms with van der Waals surface area (Å²) in [7, 11) is 1.76. The number of nitrogens with zero attached hydrogens (tertiary/aromatic N) is 1. The molecule has 2 rings (SSSR count). The van der Waals surface area contributed by atoms with Crippen LogP contribution in [0.2, 0.25) is 0 Å². The topological polar surface area (TPSA) is 29.5 Å². The lowest BCUT2D eigenvalue weighted by Crippen LogP contribution is -2.38. The average Bonchev–Trinajstić information content (AvgIpc) is 2.46. The minimum atomic E-state index is 0.249. The molecule has 0 radical (unpaired) electrons. The van der Waals surface area contributed by atoms with Crippen molar-refractivity contribution in [1.82, 2.24) is 4.90 Å². The van der Waals surface area contributed by atoms with Gasteiger partial charge in [-0.2, -0.15) is 0 Å². The minimum absolute atomic E-state index is 0.249. The number of Topliss-reactive ketones (excluding diaryl/α,β-unsaturated/α-hetero) is 1. The van der Waals surface area contributed by atoms with E-state index >= 15 is 0 Å². The van der Waals surface area contributed by atoms with Gasteiger partial charge in [-0.3, -0.25) is 4.79 Å². The van der Waals surface area contributed by atoms with Crippen LogP contribution in [-0.4, -0.2) is 44.0 Å². The molecule has 1 aliphatic heterocycles. The molecule has 0 bridgehead atoms. The Morgan fingerprint density at radius 2 is 2.10 bits per heavy atom. The molecule has 0 spiro atoms. The molecule has 110 valence electrons. The second kappa shape index (κ2) is 7.55. The molecule has 1 fully saturated rings. The molecule has 3 heteroatoms. The molecule has 0 saturated carbocycles. The summed E-state index contributed by atoms with van der Waals surface area (Å²) in [5, 5.41) is 0. The first-order valence-corrected chi connectivity index (χ1v) is 7.50. The first-order chi connectivity index (χ1) is 9.69. The summed E-state index contributed by atoms with van der Waals surface area (Å²) < 4.78 is 5.24. The fraction of sp³-hybridized carbons (Fsp3) is 0.588. The number of methoxy groups -OCH3 is 1. The first-order valence-electron chi connectivity index (χ1n) is 7.50. The van der Waals surface area contributed by atoms with E-state index in [1.54, 1.807) is 7.11 Å². The third-order valence-corrected chi connectivity index (χ3v) is 4.03. The van der Waals surface area contributed by atoms with E-state index in [9.17, 15) is 4.79 Å². The highest BCUT2D eigenvalue weighted by Gasteiger charge is 2.20. The van der Waals surface area contributed by atoms with Gasteiger partial charge < -0.3 is 9.64 Å². The van der Waals surface area contributed by atoms with Crippen molar-refractivity contribution in [3.63, 3.8) is 0 Å². The van der Waals surface area contributed by atoms with Gasteiger partial charge in [0.15, 0.2) is 5.78 Å². The Morgan fingerprint density at radius 3 is 2.80 bits per heavy atom. The van der Waals surface area contributed by atoms with E-state index in [2.05, 4.69) is 4.90 Å². The number of hydrogen-bond donors (Lipinski definition) is 0. The van der Waals surface area contributed by atoms with Gasteiger partial charge in [-0.1, -0.05) is 29.8 Å². The summed E-state index contributed by atoms with van der Waals surface area (Å²) in [5.74, 6) is 0.877.